The molecule has 102 valence electrons. The first kappa shape index (κ1) is 14.4. The van der Waals surface area contributed by atoms with Gasteiger partial charge in [0.2, 0.25) is 5.91 Å². The molecule has 2 aromatic rings. The number of aromatic nitrogens is 2. The molecule has 2 rings (SSSR count). The summed E-state index contributed by atoms with van der Waals surface area (Å²) in [7, 11) is 0. The zero-order valence-corrected chi connectivity index (χ0v) is 12.0. The van der Waals surface area contributed by atoms with Gasteiger partial charge in [0.15, 0.2) is 5.82 Å². The molecule has 0 saturated heterocycles. The van der Waals surface area contributed by atoms with Gasteiger partial charge in [-0.25, -0.2) is 4.68 Å². The Morgan fingerprint density at radius 3 is 2.90 bits per heavy atom. The van der Waals surface area contributed by atoms with E-state index in [0.717, 1.165) is 0 Å². The van der Waals surface area contributed by atoms with Crippen LogP contribution >= 0.6 is 23.2 Å². The molecule has 5 nitrogen and oxygen atoms in total. The topological polar surface area (TPSA) is 70.7 Å². The first-order valence-electron chi connectivity index (χ1n) is 5.80. The predicted molar refractivity (Wildman–Crippen MR) is 77.2 cm³/mol. The molecule has 0 aliphatic carbocycles. The smallest absolute Gasteiger partial charge is 0.225 e. The number of hydrogen-bond donors (Lipinski definition) is 1. The monoisotopic (exact) mass is 308 g/mol. The van der Waals surface area contributed by atoms with Crippen molar-refractivity contribution in [2.75, 3.05) is 5.32 Å². The van der Waals surface area contributed by atoms with Crippen LogP contribution in [0.25, 0.3) is 5.69 Å². The molecule has 0 aliphatic heterocycles. The van der Waals surface area contributed by atoms with Crippen LogP contribution in [0.5, 0.6) is 0 Å². The molecular formula is C13H10Cl2N4O. The van der Waals surface area contributed by atoms with Crippen LogP contribution in [0.3, 0.4) is 0 Å². The molecule has 1 N–H and O–H groups in total. The van der Waals surface area contributed by atoms with Gasteiger partial charge in [-0.1, -0.05) is 36.2 Å². The maximum Gasteiger partial charge on any atom is 0.225 e. The van der Waals surface area contributed by atoms with Crippen molar-refractivity contribution >= 4 is 34.9 Å². The van der Waals surface area contributed by atoms with E-state index in [0.29, 0.717) is 22.2 Å². The standard InChI is InChI=1S/C13H10Cl2N4O/c1-2-11(20)18-13-8(6-16)7-17-19(13)10-5-3-4-9(14)12(10)15/h3-5,7H,2H2,1H3,(H,18,20). The highest BCUT2D eigenvalue weighted by molar-refractivity contribution is 6.43. The van der Waals surface area contributed by atoms with Gasteiger partial charge >= 0.3 is 0 Å². The van der Waals surface area contributed by atoms with E-state index in [1.165, 1.54) is 10.9 Å². The van der Waals surface area contributed by atoms with E-state index in [2.05, 4.69) is 10.4 Å². The fourth-order valence-corrected chi connectivity index (χ4v) is 1.99. The summed E-state index contributed by atoms with van der Waals surface area (Å²) in [5, 5.41) is 16.5. The van der Waals surface area contributed by atoms with Crippen molar-refractivity contribution < 1.29 is 4.79 Å². The van der Waals surface area contributed by atoms with Gasteiger partial charge in [0, 0.05) is 6.42 Å². The minimum absolute atomic E-state index is 0.221. The van der Waals surface area contributed by atoms with Gasteiger partial charge < -0.3 is 5.32 Å². The molecule has 0 bridgehead atoms. The van der Waals surface area contributed by atoms with Crippen LogP contribution < -0.4 is 5.32 Å². The fourth-order valence-electron chi connectivity index (χ4n) is 1.61. The molecular weight excluding hydrogens is 299 g/mol. The van der Waals surface area contributed by atoms with Crippen molar-refractivity contribution in [1.29, 1.82) is 5.26 Å². The molecule has 1 amide bonds. The maximum absolute atomic E-state index is 11.6. The Balaban J connectivity index is 2.57. The van der Waals surface area contributed by atoms with Crippen molar-refractivity contribution in [1.82, 2.24) is 9.78 Å². The third kappa shape index (κ3) is 2.62. The van der Waals surface area contributed by atoms with E-state index in [4.69, 9.17) is 28.5 Å². The first-order valence-corrected chi connectivity index (χ1v) is 6.56. The maximum atomic E-state index is 11.6. The number of nitrogens with one attached hydrogen (secondary N) is 1. The van der Waals surface area contributed by atoms with E-state index in [-0.39, 0.29) is 17.3 Å². The number of carbonyl (C=O) groups is 1. The van der Waals surface area contributed by atoms with Crippen molar-refractivity contribution in [2.45, 2.75) is 13.3 Å². The van der Waals surface area contributed by atoms with E-state index in [1.807, 2.05) is 6.07 Å². The van der Waals surface area contributed by atoms with Gasteiger partial charge in [-0.2, -0.15) is 10.4 Å². The lowest BCUT2D eigenvalue weighted by atomic mass is 10.3. The highest BCUT2D eigenvalue weighted by atomic mass is 35.5. The largest absolute Gasteiger partial charge is 0.309 e. The van der Waals surface area contributed by atoms with E-state index in [1.54, 1.807) is 25.1 Å². The highest BCUT2D eigenvalue weighted by Gasteiger charge is 2.17. The Bertz CT molecular complexity index is 703. The molecule has 1 aromatic heterocycles. The highest BCUT2D eigenvalue weighted by Crippen LogP contribution is 2.30. The van der Waals surface area contributed by atoms with Crippen LogP contribution in [-0.4, -0.2) is 15.7 Å². The van der Waals surface area contributed by atoms with Gasteiger partial charge in [0.05, 0.1) is 21.9 Å². The third-order valence-electron chi connectivity index (χ3n) is 2.63. The average molecular weight is 309 g/mol. The van der Waals surface area contributed by atoms with Gasteiger partial charge in [-0.15, -0.1) is 0 Å². The SMILES string of the molecule is CCC(=O)Nc1c(C#N)cnn1-c1cccc(Cl)c1Cl. The van der Waals surface area contributed by atoms with Crippen LogP contribution in [0.1, 0.15) is 18.9 Å². The van der Waals surface area contributed by atoms with E-state index >= 15 is 0 Å². The number of nitrogens with zero attached hydrogens (tertiary/aromatic N) is 3. The molecule has 1 aromatic carbocycles. The Hall–Kier alpha value is -2.03. The van der Waals surface area contributed by atoms with Crippen LogP contribution in [0.2, 0.25) is 10.0 Å². The normalized spacial score (nSPS) is 10.1. The average Bonchev–Trinajstić information content (AvgIpc) is 2.84. The summed E-state index contributed by atoms with van der Waals surface area (Å²) in [5.41, 5.74) is 0.745. The number of amides is 1. The van der Waals surface area contributed by atoms with E-state index < -0.39 is 0 Å². The van der Waals surface area contributed by atoms with E-state index in [9.17, 15) is 4.79 Å². The molecule has 0 saturated carbocycles. The second kappa shape index (κ2) is 5.95. The lowest BCUT2D eigenvalue weighted by molar-refractivity contribution is -0.115. The Kier molecular flexibility index (Phi) is 4.28. The molecule has 7 heteroatoms. The zero-order chi connectivity index (χ0) is 14.7. The number of hydrogen-bond acceptors (Lipinski definition) is 3. The lowest BCUT2D eigenvalue weighted by Gasteiger charge is -2.11. The minimum atomic E-state index is -0.221. The van der Waals surface area contributed by atoms with Crippen LogP contribution in [0.15, 0.2) is 24.4 Å². The minimum Gasteiger partial charge on any atom is -0.309 e. The Morgan fingerprint density at radius 1 is 1.50 bits per heavy atom. The Morgan fingerprint density at radius 2 is 2.25 bits per heavy atom. The third-order valence-corrected chi connectivity index (χ3v) is 3.44. The van der Waals surface area contributed by atoms with Crippen molar-refractivity contribution in [3.05, 3.63) is 40.0 Å². The van der Waals surface area contributed by atoms with Gasteiger partial charge in [0.25, 0.3) is 0 Å². The van der Waals surface area contributed by atoms with Gasteiger partial charge in [-0.3, -0.25) is 4.79 Å². The molecule has 20 heavy (non-hydrogen) atoms. The summed E-state index contributed by atoms with van der Waals surface area (Å²) in [6.45, 7) is 1.72. The molecule has 0 fully saturated rings. The Labute approximate surface area is 125 Å². The fraction of sp³-hybridized carbons (Fsp3) is 0.154. The summed E-state index contributed by atoms with van der Waals surface area (Å²) in [5.74, 6) is 0.0601. The summed E-state index contributed by atoms with van der Waals surface area (Å²) in [6, 6.07) is 7.03. The summed E-state index contributed by atoms with van der Waals surface area (Å²) >= 11 is 12.1. The number of benzene rings is 1. The van der Waals surface area contributed by atoms with Gasteiger partial charge in [0.1, 0.15) is 11.6 Å². The quantitative estimate of drug-likeness (QED) is 0.944. The molecule has 0 unspecified atom stereocenters. The molecule has 0 radical (unpaired) electrons. The van der Waals surface area contributed by atoms with Crippen LogP contribution in [0.4, 0.5) is 5.82 Å². The second-order valence-electron chi connectivity index (χ2n) is 3.91. The van der Waals surface area contributed by atoms with Gasteiger partial charge in [-0.05, 0) is 12.1 Å². The second-order valence-corrected chi connectivity index (χ2v) is 4.69. The van der Waals surface area contributed by atoms with Crippen molar-refractivity contribution in [3.8, 4) is 11.8 Å². The van der Waals surface area contributed by atoms with Crippen molar-refractivity contribution in [2.24, 2.45) is 0 Å². The number of rotatable bonds is 3. The summed E-state index contributed by atoms with van der Waals surface area (Å²) in [6.07, 6.45) is 1.65. The lowest BCUT2D eigenvalue weighted by Crippen LogP contribution is -2.14. The predicted octanol–water partition coefficient (Wildman–Crippen LogP) is 3.40. The van der Waals surface area contributed by atoms with Crippen molar-refractivity contribution in [3.63, 3.8) is 0 Å². The number of carbonyl (C=O) groups excluding carboxylic acids is 1. The molecule has 0 spiro atoms. The number of anilines is 1. The van der Waals surface area contributed by atoms with Crippen LogP contribution in [0, 0.1) is 11.3 Å². The molecule has 1 heterocycles. The molecule has 0 aliphatic rings. The summed E-state index contributed by atoms with van der Waals surface area (Å²) in [4.78, 5) is 11.6. The van der Waals surface area contributed by atoms with Crippen LogP contribution in [-0.2, 0) is 4.79 Å². The zero-order valence-electron chi connectivity index (χ0n) is 10.5. The summed E-state index contributed by atoms with van der Waals surface area (Å²) < 4.78 is 1.39. The number of nitriles is 1. The number of halogens is 2. The molecule has 0 atom stereocenters. The first-order chi connectivity index (χ1) is 9.58.